The summed E-state index contributed by atoms with van der Waals surface area (Å²) < 4.78 is 0. The summed E-state index contributed by atoms with van der Waals surface area (Å²) in [5, 5.41) is 0. The first-order valence-corrected chi connectivity index (χ1v) is 7.57. The van der Waals surface area contributed by atoms with Gasteiger partial charge in [-0.3, -0.25) is 9.69 Å². The maximum Gasteiger partial charge on any atom is 0.179 e. The third-order valence-corrected chi connectivity index (χ3v) is 4.36. The van der Waals surface area contributed by atoms with E-state index in [9.17, 15) is 4.79 Å². The van der Waals surface area contributed by atoms with Crippen LogP contribution in [0.25, 0.3) is 0 Å². The van der Waals surface area contributed by atoms with E-state index in [4.69, 9.17) is 0 Å². The molecular weight excluding hydrogens is 234 g/mol. The molecule has 0 heterocycles. The fraction of sp³-hybridized carbons (Fsp3) is 0.588. The predicted octanol–water partition coefficient (Wildman–Crippen LogP) is 3.38. The highest BCUT2D eigenvalue weighted by Crippen LogP contribution is 2.34. The first-order chi connectivity index (χ1) is 9.24. The van der Waals surface area contributed by atoms with E-state index >= 15 is 0 Å². The zero-order valence-corrected chi connectivity index (χ0v) is 11.7. The Labute approximate surface area is 115 Å². The lowest BCUT2D eigenvalue weighted by Crippen LogP contribution is -2.41. The van der Waals surface area contributed by atoms with Crippen molar-refractivity contribution in [1.82, 2.24) is 4.90 Å². The molecule has 2 saturated carbocycles. The molecule has 1 unspecified atom stereocenters. The van der Waals surface area contributed by atoms with Crippen molar-refractivity contribution in [3.8, 4) is 0 Å². The van der Waals surface area contributed by atoms with Gasteiger partial charge in [0, 0.05) is 18.7 Å². The van der Waals surface area contributed by atoms with Gasteiger partial charge in [0.25, 0.3) is 0 Å². The minimum Gasteiger partial charge on any atom is -0.293 e. The van der Waals surface area contributed by atoms with Gasteiger partial charge < -0.3 is 0 Å². The lowest BCUT2D eigenvalue weighted by atomic mass is 10.0. The van der Waals surface area contributed by atoms with Crippen LogP contribution in [0.3, 0.4) is 0 Å². The van der Waals surface area contributed by atoms with E-state index in [1.807, 2.05) is 30.3 Å². The molecule has 0 aliphatic heterocycles. The van der Waals surface area contributed by atoms with Crippen molar-refractivity contribution in [2.75, 3.05) is 13.1 Å². The second-order valence-electron chi connectivity index (χ2n) is 6.25. The number of nitrogens with zero attached hydrogens (tertiary/aromatic N) is 1. The molecule has 0 aromatic heterocycles. The smallest absolute Gasteiger partial charge is 0.179 e. The average Bonchev–Trinajstić information content (AvgIpc) is 3.32. The van der Waals surface area contributed by atoms with E-state index in [1.54, 1.807) is 0 Å². The summed E-state index contributed by atoms with van der Waals surface area (Å²) >= 11 is 0. The lowest BCUT2D eigenvalue weighted by molar-refractivity contribution is 0.0824. The molecule has 2 fully saturated rings. The van der Waals surface area contributed by atoms with Crippen LogP contribution in [0, 0.1) is 11.8 Å². The topological polar surface area (TPSA) is 20.3 Å². The van der Waals surface area contributed by atoms with Gasteiger partial charge in [-0.05, 0) is 44.4 Å². The molecule has 2 aliphatic carbocycles. The van der Waals surface area contributed by atoms with Crippen molar-refractivity contribution in [3.05, 3.63) is 35.9 Å². The first-order valence-electron chi connectivity index (χ1n) is 7.57. The summed E-state index contributed by atoms with van der Waals surface area (Å²) in [7, 11) is 0. The number of rotatable bonds is 7. The van der Waals surface area contributed by atoms with Gasteiger partial charge in [-0.2, -0.15) is 0 Å². The third-order valence-electron chi connectivity index (χ3n) is 4.36. The Hall–Kier alpha value is -1.15. The number of benzene rings is 1. The Morgan fingerprint density at radius 3 is 2.11 bits per heavy atom. The number of Topliss-reactive ketones (excluding diaryl/α,β-unsaturated/α-hetero) is 1. The summed E-state index contributed by atoms with van der Waals surface area (Å²) in [4.78, 5) is 15.0. The lowest BCUT2D eigenvalue weighted by Gasteiger charge is -2.28. The molecule has 1 aromatic carbocycles. The van der Waals surface area contributed by atoms with Gasteiger partial charge in [0.05, 0.1) is 6.04 Å². The van der Waals surface area contributed by atoms with Gasteiger partial charge in [0.1, 0.15) is 0 Å². The highest BCUT2D eigenvalue weighted by atomic mass is 16.1. The molecule has 2 nitrogen and oxygen atoms in total. The van der Waals surface area contributed by atoms with E-state index < -0.39 is 0 Å². The Morgan fingerprint density at radius 1 is 1.11 bits per heavy atom. The van der Waals surface area contributed by atoms with Gasteiger partial charge in [-0.15, -0.1) is 0 Å². The maximum absolute atomic E-state index is 12.5. The number of hydrogen-bond acceptors (Lipinski definition) is 2. The molecular formula is C17H23NO. The number of carbonyl (C=O) groups is 1. The van der Waals surface area contributed by atoms with Gasteiger partial charge in [-0.25, -0.2) is 0 Å². The Morgan fingerprint density at radius 2 is 1.63 bits per heavy atom. The van der Waals surface area contributed by atoms with E-state index in [2.05, 4.69) is 11.8 Å². The summed E-state index contributed by atoms with van der Waals surface area (Å²) in [6.07, 6.45) is 5.42. The molecule has 3 rings (SSSR count). The molecule has 0 bridgehead atoms. The highest BCUT2D eigenvalue weighted by Gasteiger charge is 2.33. The summed E-state index contributed by atoms with van der Waals surface area (Å²) in [6, 6.07) is 9.77. The van der Waals surface area contributed by atoms with Crippen molar-refractivity contribution in [2.45, 2.75) is 38.6 Å². The molecule has 0 amide bonds. The predicted molar refractivity (Wildman–Crippen MR) is 77.3 cm³/mol. The Bertz CT molecular complexity index is 420. The van der Waals surface area contributed by atoms with Gasteiger partial charge in [-0.1, -0.05) is 30.3 Å². The molecule has 2 heteroatoms. The van der Waals surface area contributed by atoms with Crippen LogP contribution in [-0.4, -0.2) is 29.8 Å². The summed E-state index contributed by atoms with van der Waals surface area (Å²) in [5.41, 5.74) is 0.853. The zero-order chi connectivity index (χ0) is 13.2. The molecule has 0 radical (unpaired) electrons. The molecule has 2 aliphatic rings. The molecule has 0 N–H and O–H groups in total. The van der Waals surface area contributed by atoms with Crippen molar-refractivity contribution in [1.29, 1.82) is 0 Å². The van der Waals surface area contributed by atoms with E-state index in [-0.39, 0.29) is 11.8 Å². The highest BCUT2D eigenvalue weighted by molar-refractivity contribution is 5.99. The van der Waals surface area contributed by atoms with Crippen molar-refractivity contribution in [2.24, 2.45) is 11.8 Å². The first kappa shape index (κ1) is 12.9. The van der Waals surface area contributed by atoms with Crippen LogP contribution >= 0.6 is 0 Å². The molecule has 1 aromatic rings. The molecule has 19 heavy (non-hydrogen) atoms. The second-order valence-corrected chi connectivity index (χ2v) is 6.25. The number of hydrogen-bond donors (Lipinski definition) is 0. The summed E-state index contributed by atoms with van der Waals surface area (Å²) in [5.74, 6) is 1.98. The zero-order valence-electron chi connectivity index (χ0n) is 11.7. The normalized spacial score (nSPS) is 20.5. The van der Waals surface area contributed by atoms with Crippen LogP contribution in [0.4, 0.5) is 0 Å². The van der Waals surface area contributed by atoms with Crippen LogP contribution in [0.1, 0.15) is 43.0 Å². The number of carbonyl (C=O) groups excluding carboxylic acids is 1. The van der Waals surface area contributed by atoms with Gasteiger partial charge in [0.2, 0.25) is 0 Å². The Kier molecular flexibility index (Phi) is 3.69. The minimum atomic E-state index is 0.0311. The number of ketones is 1. The monoisotopic (exact) mass is 257 g/mol. The maximum atomic E-state index is 12.5. The molecule has 0 saturated heterocycles. The minimum absolute atomic E-state index is 0.0311. The largest absolute Gasteiger partial charge is 0.293 e. The van der Waals surface area contributed by atoms with Crippen molar-refractivity contribution in [3.63, 3.8) is 0 Å². The van der Waals surface area contributed by atoms with Gasteiger partial charge in [0.15, 0.2) is 5.78 Å². The van der Waals surface area contributed by atoms with Crippen LogP contribution in [-0.2, 0) is 0 Å². The molecule has 0 spiro atoms. The fourth-order valence-electron chi connectivity index (χ4n) is 2.66. The van der Waals surface area contributed by atoms with Crippen LogP contribution in [0.5, 0.6) is 0 Å². The quantitative estimate of drug-likeness (QED) is 0.698. The van der Waals surface area contributed by atoms with E-state index in [0.717, 1.165) is 30.5 Å². The van der Waals surface area contributed by atoms with Crippen molar-refractivity contribution >= 4 is 5.78 Å². The second kappa shape index (κ2) is 5.46. The SMILES string of the molecule is CC(C(=O)c1ccccc1)N(CC1CC1)CC1CC1. The van der Waals surface area contributed by atoms with Crippen LogP contribution < -0.4 is 0 Å². The standard InChI is InChI=1S/C17H23NO/c1-13(17(19)16-5-3-2-4-6-16)18(11-14-7-8-14)12-15-9-10-15/h2-6,13-15H,7-12H2,1H3. The van der Waals surface area contributed by atoms with Gasteiger partial charge >= 0.3 is 0 Å². The average molecular weight is 257 g/mol. The fourth-order valence-corrected chi connectivity index (χ4v) is 2.66. The van der Waals surface area contributed by atoms with Crippen LogP contribution in [0.15, 0.2) is 30.3 Å². The summed E-state index contributed by atoms with van der Waals surface area (Å²) in [6.45, 7) is 4.33. The molecule has 1 atom stereocenters. The van der Waals surface area contributed by atoms with Crippen LogP contribution in [0.2, 0.25) is 0 Å². The molecule has 102 valence electrons. The Balaban J connectivity index is 1.67. The van der Waals surface area contributed by atoms with E-state index in [1.165, 1.54) is 25.7 Å². The van der Waals surface area contributed by atoms with Crippen molar-refractivity contribution < 1.29 is 4.79 Å². The van der Waals surface area contributed by atoms with E-state index in [0.29, 0.717) is 0 Å². The third kappa shape index (κ3) is 3.44.